The van der Waals surface area contributed by atoms with Crippen molar-refractivity contribution in [2.24, 2.45) is 0 Å². The summed E-state index contributed by atoms with van der Waals surface area (Å²) >= 11 is 0. The molecule has 0 spiro atoms. The van der Waals surface area contributed by atoms with E-state index in [1.807, 2.05) is 18.2 Å². The Morgan fingerprint density at radius 3 is 2.44 bits per heavy atom. The van der Waals surface area contributed by atoms with E-state index in [0.29, 0.717) is 5.56 Å². The molecule has 0 radical (unpaired) electrons. The van der Waals surface area contributed by atoms with Gasteiger partial charge >= 0.3 is 0 Å². The normalized spacial score (nSPS) is 18.2. The minimum absolute atomic E-state index is 0.154. The van der Waals surface area contributed by atoms with Gasteiger partial charge in [0, 0.05) is 37.8 Å². The van der Waals surface area contributed by atoms with Gasteiger partial charge in [-0.15, -0.1) is 0 Å². The molecule has 2 aliphatic rings. The maximum absolute atomic E-state index is 14.0. The molecular weight excluding hydrogens is 319 g/mol. The minimum Gasteiger partial charge on any atom is -0.378 e. The predicted octanol–water partition coefficient (Wildman–Crippen LogP) is 2.75. The van der Waals surface area contributed by atoms with Crippen LogP contribution in [0.5, 0.6) is 0 Å². The van der Waals surface area contributed by atoms with Crippen molar-refractivity contribution in [1.82, 2.24) is 9.97 Å². The smallest absolute Gasteiger partial charge is 0.134 e. The van der Waals surface area contributed by atoms with E-state index >= 15 is 0 Å². The summed E-state index contributed by atoms with van der Waals surface area (Å²) < 4.78 is 19.4. The summed E-state index contributed by atoms with van der Waals surface area (Å²) in [5.41, 5.74) is 1.77. The van der Waals surface area contributed by atoms with Gasteiger partial charge in [0.2, 0.25) is 0 Å². The standard InChI is InChI=1S/C19H21FN4O/c20-17-4-2-1-3-16(17)15-5-7-23(8-6-15)18-13-19(22-14-21-18)24-9-11-25-12-10-24/h1-5,13-14H,6-12H2. The number of aromatic nitrogens is 2. The Hall–Kier alpha value is -2.47. The molecule has 1 aromatic heterocycles. The highest BCUT2D eigenvalue weighted by Crippen LogP contribution is 2.27. The summed E-state index contributed by atoms with van der Waals surface area (Å²) in [6.07, 6.45) is 4.52. The molecule has 0 saturated carbocycles. The van der Waals surface area contributed by atoms with Crippen LogP contribution in [0.1, 0.15) is 12.0 Å². The molecule has 0 atom stereocenters. The van der Waals surface area contributed by atoms with Crippen LogP contribution >= 0.6 is 0 Å². The van der Waals surface area contributed by atoms with E-state index in [2.05, 4.69) is 25.8 Å². The largest absolute Gasteiger partial charge is 0.378 e. The van der Waals surface area contributed by atoms with E-state index in [0.717, 1.165) is 63.0 Å². The Bertz CT molecular complexity index is 774. The number of hydrogen-bond acceptors (Lipinski definition) is 5. The zero-order chi connectivity index (χ0) is 17.1. The number of ether oxygens (including phenoxy) is 1. The van der Waals surface area contributed by atoms with Crippen molar-refractivity contribution >= 4 is 17.2 Å². The van der Waals surface area contributed by atoms with Gasteiger partial charge < -0.3 is 14.5 Å². The average Bonchev–Trinajstić information content (AvgIpc) is 2.69. The first-order valence-electron chi connectivity index (χ1n) is 8.65. The molecule has 0 unspecified atom stereocenters. The predicted molar refractivity (Wildman–Crippen MR) is 96.3 cm³/mol. The topological polar surface area (TPSA) is 41.5 Å². The van der Waals surface area contributed by atoms with Crippen molar-refractivity contribution in [3.8, 4) is 0 Å². The van der Waals surface area contributed by atoms with Gasteiger partial charge in [-0.2, -0.15) is 0 Å². The van der Waals surface area contributed by atoms with E-state index in [4.69, 9.17) is 4.74 Å². The van der Waals surface area contributed by atoms with Gasteiger partial charge in [0.25, 0.3) is 0 Å². The van der Waals surface area contributed by atoms with E-state index in [9.17, 15) is 4.39 Å². The van der Waals surface area contributed by atoms with Gasteiger partial charge in [0.15, 0.2) is 0 Å². The summed E-state index contributed by atoms with van der Waals surface area (Å²) in [6.45, 7) is 4.72. The zero-order valence-electron chi connectivity index (χ0n) is 14.1. The van der Waals surface area contributed by atoms with Crippen LogP contribution in [0.4, 0.5) is 16.0 Å². The van der Waals surface area contributed by atoms with Crippen molar-refractivity contribution in [3.05, 3.63) is 54.1 Å². The lowest BCUT2D eigenvalue weighted by Gasteiger charge is -2.30. The van der Waals surface area contributed by atoms with Gasteiger partial charge in [-0.05, 0) is 18.1 Å². The number of halogens is 1. The lowest BCUT2D eigenvalue weighted by atomic mass is 9.99. The average molecular weight is 340 g/mol. The molecule has 0 N–H and O–H groups in total. The molecule has 3 heterocycles. The zero-order valence-corrected chi connectivity index (χ0v) is 14.1. The Balaban J connectivity index is 1.50. The van der Waals surface area contributed by atoms with E-state index < -0.39 is 0 Å². The minimum atomic E-state index is -0.154. The third-order valence-electron chi connectivity index (χ3n) is 4.73. The van der Waals surface area contributed by atoms with Crippen LogP contribution in [-0.4, -0.2) is 49.4 Å². The Morgan fingerprint density at radius 2 is 1.72 bits per heavy atom. The van der Waals surface area contributed by atoms with Crippen LogP contribution in [0.25, 0.3) is 5.57 Å². The van der Waals surface area contributed by atoms with Gasteiger partial charge in [0.1, 0.15) is 23.8 Å². The molecule has 1 saturated heterocycles. The SMILES string of the molecule is Fc1ccccc1C1=CCN(c2cc(N3CCOCC3)ncn2)CC1. The first-order chi connectivity index (χ1) is 12.3. The molecule has 4 rings (SSSR count). The summed E-state index contributed by atoms with van der Waals surface area (Å²) in [5.74, 6) is 1.70. The van der Waals surface area contributed by atoms with Crippen LogP contribution < -0.4 is 9.80 Å². The quantitative estimate of drug-likeness (QED) is 0.859. The number of morpholine rings is 1. The molecule has 2 aliphatic heterocycles. The molecule has 5 nitrogen and oxygen atoms in total. The lowest BCUT2D eigenvalue weighted by Crippen LogP contribution is -2.37. The van der Waals surface area contributed by atoms with E-state index in [1.54, 1.807) is 12.4 Å². The first kappa shape index (κ1) is 16.0. The Morgan fingerprint density at radius 1 is 0.960 bits per heavy atom. The summed E-state index contributed by atoms with van der Waals surface area (Å²) in [6, 6.07) is 9.00. The molecule has 130 valence electrons. The number of nitrogens with zero attached hydrogens (tertiary/aromatic N) is 4. The fourth-order valence-corrected chi connectivity index (χ4v) is 3.32. The molecule has 1 fully saturated rings. The molecular formula is C19H21FN4O. The first-order valence-corrected chi connectivity index (χ1v) is 8.65. The third-order valence-corrected chi connectivity index (χ3v) is 4.73. The van der Waals surface area contributed by atoms with Gasteiger partial charge in [-0.3, -0.25) is 0 Å². The van der Waals surface area contributed by atoms with Crippen LogP contribution in [0, 0.1) is 5.82 Å². The van der Waals surface area contributed by atoms with Gasteiger partial charge in [-0.25, -0.2) is 14.4 Å². The molecule has 0 aliphatic carbocycles. The molecule has 0 amide bonds. The Kier molecular flexibility index (Phi) is 4.61. The van der Waals surface area contributed by atoms with Gasteiger partial charge in [-0.1, -0.05) is 24.3 Å². The van der Waals surface area contributed by atoms with Crippen LogP contribution in [0.2, 0.25) is 0 Å². The molecule has 2 aromatic rings. The highest BCUT2D eigenvalue weighted by molar-refractivity contribution is 5.69. The highest BCUT2D eigenvalue weighted by atomic mass is 19.1. The van der Waals surface area contributed by atoms with Gasteiger partial charge in [0.05, 0.1) is 13.2 Å². The second kappa shape index (κ2) is 7.19. The molecule has 0 bridgehead atoms. The van der Waals surface area contributed by atoms with Crippen LogP contribution in [-0.2, 0) is 4.74 Å². The molecule has 1 aromatic carbocycles. The maximum atomic E-state index is 14.0. The van der Waals surface area contributed by atoms with Crippen molar-refractivity contribution < 1.29 is 9.13 Å². The van der Waals surface area contributed by atoms with Crippen LogP contribution in [0.3, 0.4) is 0 Å². The lowest BCUT2D eigenvalue weighted by molar-refractivity contribution is 0.122. The van der Waals surface area contributed by atoms with Crippen molar-refractivity contribution in [3.63, 3.8) is 0 Å². The summed E-state index contributed by atoms with van der Waals surface area (Å²) in [5, 5.41) is 0. The fraction of sp³-hybridized carbons (Fsp3) is 0.368. The van der Waals surface area contributed by atoms with Crippen LogP contribution in [0.15, 0.2) is 42.7 Å². The van der Waals surface area contributed by atoms with E-state index in [-0.39, 0.29) is 5.82 Å². The number of benzene rings is 1. The highest BCUT2D eigenvalue weighted by Gasteiger charge is 2.18. The fourth-order valence-electron chi connectivity index (χ4n) is 3.32. The van der Waals surface area contributed by atoms with E-state index in [1.165, 1.54) is 6.07 Å². The third kappa shape index (κ3) is 3.49. The second-order valence-corrected chi connectivity index (χ2v) is 6.24. The Labute approximate surface area is 146 Å². The summed E-state index contributed by atoms with van der Waals surface area (Å²) in [4.78, 5) is 13.3. The second-order valence-electron chi connectivity index (χ2n) is 6.24. The molecule has 25 heavy (non-hydrogen) atoms. The molecule has 6 heteroatoms. The number of rotatable bonds is 3. The van der Waals surface area contributed by atoms with Crippen molar-refractivity contribution in [2.75, 3.05) is 49.2 Å². The maximum Gasteiger partial charge on any atom is 0.134 e. The number of hydrogen-bond donors (Lipinski definition) is 0. The monoisotopic (exact) mass is 340 g/mol. The van der Waals surface area contributed by atoms with Crippen molar-refractivity contribution in [2.45, 2.75) is 6.42 Å². The summed E-state index contributed by atoms with van der Waals surface area (Å²) in [7, 11) is 0. The number of anilines is 2. The van der Waals surface area contributed by atoms with Crippen molar-refractivity contribution in [1.29, 1.82) is 0 Å².